The first-order chi connectivity index (χ1) is 12.1. The topological polar surface area (TPSA) is 64.6 Å². The quantitative estimate of drug-likeness (QED) is 0.909. The zero-order chi connectivity index (χ0) is 17.3. The summed E-state index contributed by atoms with van der Waals surface area (Å²) in [6.45, 7) is 1.55. The Morgan fingerprint density at radius 2 is 1.88 bits per heavy atom. The Labute approximate surface area is 147 Å². The molecule has 2 aliphatic heterocycles. The van der Waals surface area contributed by atoms with Crippen LogP contribution >= 0.6 is 0 Å². The normalized spacial score (nSPS) is 22.7. The zero-order valence-electron chi connectivity index (χ0n) is 13.9. The Kier molecular flexibility index (Phi) is 4.39. The highest BCUT2D eigenvalue weighted by Gasteiger charge is 2.27. The van der Waals surface area contributed by atoms with Crippen molar-refractivity contribution in [3.8, 4) is 11.5 Å². The highest BCUT2D eigenvalue weighted by atomic mass is 32.2. The summed E-state index contributed by atoms with van der Waals surface area (Å²) in [5.74, 6) is 1.11. The molecule has 2 aliphatic rings. The minimum absolute atomic E-state index is 0.0576. The third-order valence-electron chi connectivity index (χ3n) is 4.71. The minimum atomic E-state index is -3.56. The van der Waals surface area contributed by atoms with Crippen molar-refractivity contribution < 1.29 is 17.9 Å². The summed E-state index contributed by atoms with van der Waals surface area (Å²) in [5, 5.41) is 3.45. The lowest BCUT2D eigenvalue weighted by molar-refractivity contribution is 0.0779. The van der Waals surface area contributed by atoms with Gasteiger partial charge in [0.1, 0.15) is 12.7 Å². The minimum Gasteiger partial charge on any atom is -0.486 e. The second-order valence-electron chi connectivity index (χ2n) is 6.50. The molecule has 6 heteroatoms. The monoisotopic (exact) mass is 359 g/mol. The maximum absolute atomic E-state index is 12.8. The number of ether oxygens (including phenoxy) is 2. The molecule has 0 aromatic heterocycles. The lowest BCUT2D eigenvalue weighted by atomic mass is 10.1. The van der Waals surface area contributed by atoms with Crippen LogP contribution in [0, 0.1) is 0 Å². The molecule has 0 aliphatic carbocycles. The van der Waals surface area contributed by atoms with Gasteiger partial charge in [0.25, 0.3) is 0 Å². The first-order valence-corrected chi connectivity index (χ1v) is 10.1. The van der Waals surface area contributed by atoms with E-state index in [1.165, 1.54) is 6.42 Å². The van der Waals surface area contributed by atoms with E-state index in [9.17, 15) is 8.42 Å². The first-order valence-electron chi connectivity index (χ1n) is 8.60. The van der Waals surface area contributed by atoms with E-state index in [0.717, 1.165) is 19.4 Å². The second kappa shape index (κ2) is 6.69. The van der Waals surface area contributed by atoms with Gasteiger partial charge in [-0.1, -0.05) is 18.2 Å². The number of nitrogens with one attached hydrogen (secondary N) is 1. The summed E-state index contributed by atoms with van der Waals surface area (Å²) in [6, 6.07) is 13.7. The van der Waals surface area contributed by atoms with Crippen molar-refractivity contribution in [2.24, 2.45) is 0 Å². The molecule has 0 amide bonds. The van der Waals surface area contributed by atoms with Gasteiger partial charge in [-0.3, -0.25) is 0 Å². The molecule has 0 saturated carbocycles. The molecule has 2 heterocycles. The van der Waals surface area contributed by atoms with Crippen LogP contribution in [0.3, 0.4) is 0 Å². The molecule has 2 aromatic rings. The van der Waals surface area contributed by atoms with Gasteiger partial charge in [-0.15, -0.1) is 0 Å². The van der Waals surface area contributed by atoms with Gasteiger partial charge < -0.3 is 14.8 Å². The lowest BCUT2D eigenvalue weighted by Crippen LogP contribution is -2.35. The first kappa shape index (κ1) is 16.4. The largest absolute Gasteiger partial charge is 0.486 e. The van der Waals surface area contributed by atoms with Gasteiger partial charge in [-0.2, -0.15) is 0 Å². The van der Waals surface area contributed by atoms with Crippen molar-refractivity contribution in [2.75, 3.05) is 13.2 Å². The molecule has 132 valence electrons. The van der Waals surface area contributed by atoms with E-state index in [4.69, 9.17) is 9.47 Å². The van der Waals surface area contributed by atoms with E-state index in [-0.39, 0.29) is 15.9 Å². The smallest absolute Gasteiger partial charge is 0.206 e. The summed E-state index contributed by atoms with van der Waals surface area (Å²) in [5.41, 5.74) is 0. The van der Waals surface area contributed by atoms with Crippen LogP contribution < -0.4 is 14.8 Å². The molecule has 2 atom stereocenters. The van der Waals surface area contributed by atoms with Crippen molar-refractivity contribution in [3.63, 3.8) is 0 Å². The maximum atomic E-state index is 12.8. The second-order valence-corrected chi connectivity index (χ2v) is 8.45. The maximum Gasteiger partial charge on any atom is 0.206 e. The molecule has 0 bridgehead atoms. The van der Waals surface area contributed by atoms with Gasteiger partial charge in [0.05, 0.1) is 9.79 Å². The molecule has 2 aromatic carbocycles. The molecule has 0 radical (unpaired) electrons. The van der Waals surface area contributed by atoms with E-state index in [0.29, 0.717) is 24.1 Å². The molecular weight excluding hydrogens is 338 g/mol. The molecule has 25 heavy (non-hydrogen) atoms. The molecule has 1 saturated heterocycles. The van der Waals surface area contributed by atoms with E-state index in [1.807, 2.05) is 0 Å². The van der Waals surface area contributed by atoms with E-state index >= 15 is 0 Å². The molecule has 1 unspecified atom stereocenters. The predicted octanol–water partition coefficient (Wildman–Crippen LogP) is 2.80. The molecule has 1 N–H and O–H groups in total. The molecule has 1 fully saturated rings. The van der Waals surface area contributed by atoms with Gasteiger partial charge >= 0.3 is 0 Å². The van der Waals surface area contributed by atoms with Crippen LogP contribution in [-0.4, -0.2) is 33.7 Å². The summed E-state index contributed by atoms with van der Waals surface area (Å²) in [7, 11) is -3.56. The van der Waals surface area contributed by atoms with Gasteiger partial charge in [-0.05, 0) is 43.7 Å². The third kappa shape index (κ3) is 3.37. The molecule has 0 spiro atoms. The number of fused-ring (bicyclic) bond motifs is 1. The molecular formula is C19H21NO4S. The predicted molar refractivity (Wildman–Crippen MR) is 93.9 cm³/mol. The van der Waals surface area contributed by atoms with Gasteiger partial charge in [-0.25, -0.2) is 8.42 Å². The van der Waals surface area contributed by atoms with E-state index in [2.05, 4.69) is 5.32 Å². The van der Waals surface area contributed by atoms with Crippen molar-refractivity contribution >= 4 is 9.84 Å². The van der Waals surface area contributed by atoms with Gasteiger partial charge in [0.2, 0.25) is 9.84 Å². The van der Waals surface area contributed by atoms with Crippen molar-refractivity contribution in [3.05, 3.63) is 48.5 Å². The van der Waals surface area contributed by atoms with Crippen LogP contribution in [0.4, 0.5) is 0 Å². The summed E-state index contributed by atoms with van der Waals surface area (Å²) in [6.07, 6.45) is 3.15. The number of benzene rings is 2. The van der Waals surface area contributed by atoms with Crippen LogP contribution in [0.1, 0.15) is 19.3 Å². The Bertz CT molecular complexity index is 845. The van der Waals surface area contributed by atoms with E-state index < -0.39 is 9.84 Å². The van der Waals surface area contributed by atoms with Gasteiger partial charge in [0.15, 0.2) is 11.5 Å². The van der Waals surface area contributed by atoms with Crippen LogP contribution in [0.5, 0.6) is 11.5 Å². The molecule has 5 nitrogen and oxygen atoms in total. The summed E-state index contributed by atoms with van der Waals surface area (Å²) < 4.78 is 37.4. The average Bonchev–Trinajstić information content (AvgIpc) is 3.15. The molecule has 4 rings (SSSR count). The van der Waals surface area contributed by atoms with Crippen LogP contribution in [0.25, 0.3) is 0 Å². The fourth-order valence-electron chi connectivity index (χ4n) is 3.39. The number of sulfone groups is 1. The van der Waals surface area contributed by atoms with Crippen molar-refractivity contribution in [2.45, 2.75) is 41.2 Å². The van der Waals surface area contributed by atoms with Crippen molar-refractivity contribution in [1.29, 1.82) is 0 Å². The third-order valence-corrected chi connectivity index (χ3v) is 6.47. The van der Waals surface area contributed by atoms with Crippen LogP contribution in [0.2, 0.25) is 0 Å². The summed E-state index contributed by atoms with van der Waals surface area (Å²) in [4.78, 5) is 0.499. The van der Waals surface area contributed by atoms with Crippen LogP contribution in [0.15, 0.2) is 58.3 Å². The Hall–Kier alpha value is -2.05. The summed E-state index contributed by atoms with van der Waals surface area (Å²) >= 11 is 0. The zero-order valence-corrected chi connectivity index (χ0v) is 14.7. The standard InChI is InChI=1S/C19H21NO4S/c21-25(22,16-6-2-1-3-7-16)17-8-9-18-19(12-17)24-15(13-23-18)11-14-5-4-10-20-14/h1-3,6-9,12,14-15,20H,4-5,10-11,13H2/t14?,15-/m1/s1. The fraction of sp³-hybridized carbons (Fsp3) is 0.368. The fourth-order valence-corrected chi connectivity index (χ4v) is 4.69. The Morgan fingerprint density at radius 1 is 1.04 bits per heavy atom. The highest BCUT2D eigenvalue weighted by molar-refractivity contribution is 7.91. The lowest BCUT2D eigenvalue weighted by Gasteiger charge is -2.28. The number of hydrogen-bond donors (Lipinski definition) is 1. The van der Waals surface area contributed by atoms with Crippen LogP contribution in [-0.2, 0) is 9.84 Å². The number of rotatable bonds is 4. The van der Waals surface area contributed by atoms with Crippen molar-refractivity contribution in [1.82, 2.24) is 5.32 Å². The van der Waals surface area contributed by atoms with E-state index in [1.54, 1.807) is 48.5 Å². The SMILES string of the molecule is O=S(=O)(c1ccccc1)c1ccc2c(c1)O[C@H](CC1CCCN1)CO2. The van der Waals surface area contributed by atoms with Gasteiger partial charge in [0, 0.05) is 18.5 Å². The Morgan fingerprint density at radius 3 is 2.64 bits per heavy atom. The Balaban J connectivity index is 1.57. The average molecular weight is 359 g/mol. The number of hydrogen-bond acceptors (Lipinski definition) is 5. The highest BCUT2D eigenvalue weighted by Crippen LogP contribution is 2.36.